The molecule has 190 valence electrons. The Balaban J connectivity index is 1.48. The summed E-state index contributed by atoms with van der Waals surface area (Å²) >= 11 is 0. The van der Waals surface area contributed by atoms with Crippen molar-refractivity contribution in [3.63, 3.8) is 0 Å². The lowest BCUT2D eigenvalue weighted by Gasteiger charge is -2.34. The minimum Gasteiger partial charge on any atom is -0.496 e. The van der Waals surface area contributed by atoms with Gasteiger partial charge in [-0.1, -0.05) is 38.1 Å². The number of hydrogen-bond donors (Lipinski definition) is 1. The highest BCUT2D eigenvalue weighted by molar-refractivity contribution is 5.97. The second-order valence-corrected chi connectivity index (χ2v) is 9.16. The fourth-order valence-electron chi connectivity index (χ4n) is 4.38. The predicted octanol–water partition coefficient (Wildman–Crippen LogP) is 3.21. The van der Waals surface area contributed by atoms with Crippen molar-refractivity contribution in [2.45, 2.75) is 26.4 Å². The van der Waals surface area contributed by atoms with E-state index in [1.54, 1.807) is 19.2 Å². The quantitative estimate of drug-likeness (QED) is 0.480. The van der Waals surface area contributed by atoms with Gasteiger partial charge < -0.3 is 19.7 Å². The summed E-state index contributed by atoms with van der Waals surface area (Å²) in [5.41, 5.74) is 1.38. The average molecular weight is 492 g/mol. The lowest BCUT2D eigenvalue weighted by atomic mass is 10.0. The zero-order chi connectivity index (χ0) is 25.7. The SMILES string of the molecule is COC(=O)[C@@H](Nc1nc(CN2CCN(C(=O)c3ccccc3OC)CC2)nc2ccccc12)C(C)C. The number of nitrogens with one attached hydrogen (secondary N) is 1. The van der Waals surface area contributed by atoms with Crippen molar-refractivity contribution in [3.8, 4) is 5.75 Å². The molecule has 1 amide bonds. The molecule has 1 saturated heterocycles. The van der Waals surface area contributed by atoms with Gasteiger partial charge in [-0.15, -0.1) is 0 Å². The maximum absolute atomic E-state index is 13.0. The first kappa shape index (κ1) is 25.4. The largest absolute Gasteiger partial charge is 0.496 e. The van der Waals surface area contributed by atoms with Crippen LogP contribution in [0.15, 0.2) is 48.5 Å². The molecule has 1 N–H and O–H groups in total. The summed E-state index contributed by atoms with van der Waals surface area (Å²) < 4.78 is 10.4. The van der Waals surface area contributed by atoms with Crippen LogP contribution in [0.25, 0.3) is 10.9 Å². The van der Waals surface area contributed by atoms with Gasteiger partial charge in [-0.3, -0.25) is 9.69 Å². The number of piperazine rings is 1. The normalized spacial score (nSPS) is 15.1. The number of anilines is 1. The Morgan fingerprint density at radius 3 is 2.36 bits per heavy atom. The van der Waals surface area contributed by atoms with Crippen molar-refractivity contribution in [1.29, 1.82) is 0 Å². The second kappa shape index (κ2) is 11.3. The van der Waals surface area contributed by atoms with Gasteiger partial charge in [0.2, 0.25) is 0 Å². The number of nitrogens with zero attached hydrogens (tertiary/aromatic N) is 4. The molecule has 1 aliphatic rings. The Kier molecular flexibility index (Phi) is 8.00. The van der Waals surface area contributed by atoms with Gasteiger partial charge in [0.15, 0.2) is 0 Å². The fourth-order valence-corrected chi connectivity index (χ4v) is 4.38. The van der Waals surface area contributed by atoms with Gasteiger partial charge >= 0.3 is 5.97 Å². The number of para-hydroxylation sites is 2. The van der Waals surface area contributed by atoms with Crippen molar-refractivity contribution in [2.75, 3.05) is 45.7 Å². The Bertz CT molecular complexity index is 1220. The number of carbonyl (C=O) groups is 2. The number of hydrogen-bond acceptors (Lipinski definition) is 8. The van der Waals surface area contributed by atoms with Gasteiger partial charge in [0.05, 0.1) is 31.8 Å². The van der Waals surface area contributed by atoms with E-state index in [-0.39, 0.29) is 17.8 Å². The van der Waals surface area contributed by atoms with Gasteiger partial charge in [0.1, 0.15) is 23.4 Å². The number of fused-ring (bicyclic) bond motifs is 1. The number of benzene rings is 2. The highest BCUT2D eigenvalue weighted by atomic mass is 16.5. The molecule has 0 aliphatic carbocycles. The van der Waals surface area contributed by atoms with Crippen LogP contribution in [0, 0.1) is 5.92 Å². The van der Waals surface area contributed by atoms with Gasteiger partial charge in [0, 0.05) is 31.6 Å². The van der Waals surface area contributed by atoms with Gasteiger partial charge in [0.25, 0.3) is 5.91 Å². The summed E-state index contributed by atoms with van der Waals surface area (Å²) in [6, 6.07) is 14.5. The monoisotopic (exact) mass is 491 g/mol. The van der Waals surface area contributed by atoms with Gasteiger partial charge in [-0.05, 0) is 30.2 Å². The van der Waals surface area contributed by atoms with Gasteiger partial charge in [-0.2, -0.15) is 0 Å². The lowest BCUT2D eigenvalue weighted by Crippen LogP contribution is -2.48. The highest BCUT2D eigenvalue weighted by Gasteiger charge is 2.26. The minimum atomic E-state index is -0.523. The minimum absolute atomic E-state index is 0.0171. The topological polar surface area (TPSA) is 96.9 Å². The Hall–Kier alpha value is -3.72. The molecule has 4 rings (SSSR count). The van der Waals surface area contributed by atoms with Crippen LogP contribution >= 0.6 is 0 Å². The summed E-state index contributed by atoms with van der Waals surface area (Å²) in [7, 11) is 2.96. The van der Waals surface area contributed by atoms with Crippen LogP contribution in [0.5, 0.6) is 5.75 Å². The molecule has 1 fully saturated rings. The van der Waals surface area contributed by atoms with Crippen molar-refractivity contribution in [2.24, 2.45) is 5.92 Å². The third-order valence-corrected chi connectivity index (χ3v) is 6.43. The van der Waals surface area contributed by atoms with E-state index < -0.39 is 6.04 Å². The van der Waals surface area contributed by atoms with E-state index in [9.17, 15) is 9.59 Å². The maximum Gasteiger partial charge on any atom is 0.328 e. The predicted molar refractivity (Wildman–Crippen MR) is 138 cm³/mol. The molecule has 2 heterocycles. The molecule has 1 aromatic heterocycles. The number of rotatable bonds is 8. The number of methoxy groups -OCH3 is 2. The summed E-state index contributed by atoms with van der Waals surface area (Å²) in [6.45, 7) is 7.09. The van der Waals surface area contributed by atoms with Crippen molar-refractivity contribution in [1.82, 2.24) is 19.8 Å². The average Bonchev–Trinajstić information content (AvgIpc) is 2.91. The third-order valence-electron chi connectivity index (χ3n) is 6.43. The molecule has 0 spiro atoms. The Morgan fingerprint density at radius 1 is 0.972 bits per heavy atom. The maximum atomic E-state index is 13.0. The number of carbonyl (C=O) groups excluding carboxylic acids is 2. The van der Waals surface area contributed by atoms with Crippen molar-refractivity contribution < 1.29 is 19.1 Å². The Morgan fingerprint density at radius 2 is 1.67 bits per heavy atom. The Labute approximate surface area is 211 Å². The molecule has 0 radical (unpaired) electrons. The molecular weight excluding hydrogens is 458 g/mol. The van der Waals surface area contributed by atoms with E-state index in [1.165, 1.54) is 7.11 Å². The molecular formula is C27H33N5O4. The van der Waals surface area contributed by atoms with Gasteiger partial charge in [-0.25, -0.2) is 14.8 Å². The zero-order valence-corrected chi connectivity index (χ0v) is 21.2. The molecule has 3 aromatic rings. The zero-order valence-electron chi connectivity index (χ0n) is 21.2. The first-order valence-corrected chi connectivity index (χ1v) is 12.2. The number of ether oxygens (including phenoxy) is 2. The van der Waals surface area contributed by atoms with E-state index in [0.29, 0.717) is 55.7 Å². The third kappa shape index (κ3) is 5.57. The van der Waals surface area contributed by atoms with E-state index in [2.05, 4.69) is 10.2 Å². The number of aromatic nitrogens is 2. The first-order valence-electron chi connectivity index (χ1n) is 12.2. The van der Waals surface area contributed by atoms with E-state index in [0.717, 1.165) is 10.9 Å². The lowest BCUT2D eigenvalue weighted by molar-refractivity contribution is -0.142. The van der Waals surface area contributed by atoms with Crippen LogP contribution in [0.3, 0.4) is 0 Å². The summed E-state index contributed by atoms with van der Waals surface area (Å²) in [5.74, 6) is 1.52. The molecule has 9 nitrogen and oxygen atoms in total. The molecule has 0 bridgehead atoms. The molecule has 0 unspecified atom stereocenters. The molecule has 36 heavy (non-hydrogen) atoms. The van der Waals surface area contributed by atoms with Crippen molar-refractivity contribution in [3.05, 3.63) is 59.9 Å². The number of esters is 1. The molecule has 9 heteroatoms. The number of amides is 1. The van der Waals surface area contributed by atoms with Crippen molar-refractivity contribution >= 4 is 28.6 Å². The van der Waals surface area contributed by atoms with Crippen LogP contribution in [0.4, 0.5) is 5.82 Å². The van der Waals surface area contributed by atoms with E-state index >= 15 is 0 Å². The fraction of sp³-hybridized carbons (Fsp3) is 0.407. The van der Waals surface area contributed by atoms with E-state index in [4.69, 9.17) is 19.4 Å². The standard InChI is InChI=1S/C27H33N5O4/c1-18(2)24(27(34)36-4)30-25-19-9-5-7-11-21(19)28-23(29-25)17-31-13-15-32(16-14-31)26(33)20-10-6-8-12-22(20)35-3/h5-12,18,24H,13-17H2,1-4H3,(H,28,29,30)/t24-/m0/s1. The molecule has 1 aliphatic heterocycles. The van der Waals surface area contributed by atoms with Crippen LogP contribution in [0.2, 0.25) is 0 Å². The van der Waals surface area contributed by atoms with Crippen LogP contribution in [0.1, 0.15) is 30.0 Å². The first-order chi connectivity index (χ1) is 17.4. The molecule has 2 aromatic carbocycles. The summed E-state index contributed by atoms with van der Waals surface area (Å²) in [4.78, 5) is 39.0. The smallest absolute Gasteiger partial charge is 0.328 e. The summed E-state index contributed by atoms with van der Waals surface area (Å²) in [6.07, 6.45) is 0. The molecule has 0 saturated carbocycles. The van der Waals surface area contributed by atoms with Crippen LogP contribution < -0.4 is 10.1 Å². The highest BCUT2D eigenvalue weighted by Crippen LogP contribution is 2.24. The molecule has 1 atom stereocenters. The van der Waals surface area contributed by atoms with Crippen LogP contribution in [-0.2, 0) is 16.1 Å². The van der Waals surface area contributed by atoms with E-state index in [1.807, 2.05) is 55.1 Å². The summed E-state index contributed by atoms with van der Waals surface area (Å²) in [5, 5.41) is 4.14. The second-order valence-electron chi connectivity index (χ2n) is 9.16. The van der Waals surface area contributed by atoms with Crippen LogP contribution in [-0.4, -0.2) is 78.1 Å².